The van der Waals surface area contributed by atoms with E-state index in [4.69, 9.17) is 5.73 Å². The minimum absolute atomic E-state index is 0.00457. The molecular weight excluding hydrogens is 527 g/mol. The highest BCUT2D eigenvalue weighted by molar-refractivity contribution is 7.74. The van der Waals surface area contributed by atoms with Gasteiger partial charge in [-0.25, -0.2) is 27.6 Å². The molecule has 1 aromatic carbocycles. The van der Waals surface area contributed by atoms with E-state index >= 15 is 4.39 Å². The molecule has 1 amide bonds. The first kappa shape index (κ1) is 26.6. The second-order valence-electron chi connectivity index (χ2n) is 9.83. The van der Waals surface area contributed by atoms with Crippen molar-refractivity contribution in [2.45, 2.75) is 44.7 Å². The topological polar surface area (TPSA) is 150 Å². The average molecular weight is 557 g/mol. The Morgan fingerprint density at radius 1 is 1.21 bits per heavy atom. The summed E-state index contributed by atoms with van der Waals surface area (Å²) in [6.07, 6.45) is 3.32. The number of benzene rings is 1. The van der Waals surface area contributed by atoms with Crippen molar-refractivity contribution in [3.05, 3.63) is 53.6 Å². The van der Waals surface area contributed by atoms with Gasteiger partial charge in [-0.3, -0.25) is 9.10 Å². The molecule has 3 aromatic rings. The number of carboxylic acids is 1. The number of aromatic nitrogens is 2. The molecule has 2 aliphatic heterocycles. The summed E-state index contributed by atoms with van der Waals surface area (Å²) in [4.78, 5) is 37.4. The average Bonchev–Trinajstić information content (AvgIpc) is 3.55. The van der Waals surface area contributed by atoms with Crippen LogP contribution in [0.5, 0.6) is 0 Å². The SMILES string of the molecule is Cc1cc2c(F)c(C[C@H](C(=O)O)N3CC[C@H](N(c4ccc(N5CCCC5)nc4)[SH](=O)=O)C3=O)ccc2c(N)n1. The fourth-order valence-corrected chi connectivity index (χ4v) is 6.20. The van der Waals surface area contributed by atoms with Crippen molar-refractivity contribution < 1.29 is 27.5 Å². The number of amides is 1. The highest BCUT2D eigenvalue weighted by Gasteiger charge is 2.43. The van der Waals surface area contributed by atoms with Gasteiger partial charge >= 0.3 is 5.97 Å². The van der Waals surface area contributed by atoms with Crippen LogP contribution in [-0.2, 0) is 26.9 Å². The largest absolute Gasteiger partial charge is 0.480 e. The van der Waals surface area contributed by atoms with Crippen LogP contribution in [0.3, 0.4) is 0 Å². The van der Waals surface area contributed by atoms with Crippen molar-refractivity contribution in [1.29, 1.82) is 0 Å². The van der Waals surface area contributed by atoms with E-state index < -0.39 is 40.7 Å². The molecular formula is C26H29FN6O5S. The van der Waals surface area contributed by atoms with E-state index in [1.165, 1.54) is 18.3 Å². The highest BCUT2D eigenvalue weighted by atomic mass is 32.2. The number of rotatable bonds is 8. The number of anilines is 3. The third-order valence-electron chi connectivity index (χ3n) is 7.37. The van der Waals surface area contributed by atoms with Crippen molar-refractivity contribution >= 4 is 50.9 Å². The van der Waals surface area contributed by atoms with Crippen LogP contribution in [0.15, 0.2) is 36.5 Å². The van der Waals surface area contributed by atoms with Crippen molar-refractivity contribution in [3.63, 3.8) is 0 Å². The number of pyridine rings is 2. The van der Waals surface area contributed by atoms with Gasteiger partial charge in [-0.05, 0) is 49.9 Å². The maximum absolute atomic E-state index is 15.4. The van der Waals surface area contributed by atoms with Crippen molar-refractivity contribution in [2.24, 2.45) is 0 Å². The van der Waals surface area contributed by atoms with Crippen molar-refractivity contribution in [2.75, 3.05) is 34.6 Å². The fraction of sp³-hybridized carbons (Fsp3) is 0.385. The van der Waals surface area contributed by atoms with Gasteiger partial charge in [0.2, 0.25) is 16.8 Å². The summed E-state index contributed by atoms with van der Waals surface area (Å²) in [7, 11) is -3.22. The summed E-state index contributed by atoms with van der Waals surface area (Å²) < 4.78 is 40.9. The molecule has 206 valence electrons. The van der Waals surface area contributed by atoms with Gasteiger partial charge < -0.3 is 20.6 Å². The monoisotopic (exact) mass is 556 g/mol. The Balaban J connectivity index is 1.39. The molecule has 2 fully saturated rings. The summed E-state index contributed by atoms with van der Waals surface area (Å²) in [6.45, 7) is 3.43. The Hall–Kier alpha value is -4.00. The molecule has 0 bridgehead atoms. The van der Waals surface area contributed by atoms with Crippen LogP contribution < -0.4 is 14.9 Å². The molecule has 4 heterocycles. The van der Waals surface area contributed by atoms with Crippen LogP contribution in [0.25, 0.3) is 10.8 Å². The molecule has 39 heavy (non-hydrogen) atoms. The Kier molecular flexibility index (Phi) is 7.25. The Morgan fingerprint density at radius 3 is 2.59 bits per heavy atom. The predicted molar refractivity (Wildman–Crippen MR) is 145 cm³/mol. The van der Waals surface area contributed by atoms with Gasteiger partial charge in [-0.1, -0.05) is 12.1 Å². The fourth-order valence-electron chi connectivity index (χ4n) is 5.45. The number of nitrogens with two attached hydrogens (primary N) is 1. The zero-order valence-corrected chi connectivity index (χ0v) is 22.2. The zero-order chi connectivity index (χ0) is 27.8. The molecule has 0 radical (unpaired) electrons. The normalized spacial score (nSPS) is 18.3. The van der Waals surface area contributed by atoms with Gasteiger partial charge in [-0.2, -0.15) is 0 Å². The summed E-state index contributed by atoms with van der Waals surface area (Å²) in [5.41, 5.74) is 6.75. The summed E-state index contributed by atoms with van der Waals surface area (Å²) in [5.74, 6) is -1.71. The number of carboxylic acid groups (broad SMARTS) is 1. The van der Waals surface area contributed by atoms with Crippen LogP contribution in [0.1, 0.15) is 30.5 Å². The first-order valence-corrected chi connectivity index (χ1v) is 13.8. The minimum Gasteiger partial charge on any atom is -0.480 e. The number of aryl methyl sites for hydroxylation is 1. The van der Waals surface area contributed by atoms with E-state index in [9.17, 15) is 23.1 Å². The number of hydrogen-bond acceptors (Lipinski definition) is 8. The van der Waals surface area contributed by atoms with Crippen LogP contribution in [-0.4, -0.2) is 72.0 Å². The molecule has 0 unspecified atom stereocenters. The number of carbonyl (C=O) groups is 2. The quantitative estimate of drug-likeness (QED) is 0.354. The van der Waals surface area contributed by atoms with Crippen LogP contribution in [0.4, 0.5) is 21.7 Å². The maximum Gasteiger partial charge on any atom is 0.326 e. The minimum atomic E-state index is -3.22. The Morgan fingerprint density at radius 2 is 1.95 bits per heavy atom. The van der Waals surface area contributed by atoms with Crippen LogP contribution in [0.2, 0.25) is 0 Å². The first-order valence-electron chi connectivity index (χ1n) is 12.7. The van der Waals surface area contributed by atoms with Crippen LogP contribution in [0, 0.1) is 12.7 Å². The van der Waals surface area contributed by atoms with Gasteiger partial charge in [-0.15, -0.1) is 0 Å². The standard InChI is InChI=1S/C26H29FN6O5S/c1-15-12-19-18(24(28)30-15)6-4-16(23(19)27)13-21(26(35)36)32-11-8-20(25(32)34)33(39(37)38)17-5-7-22(29-14-17)31-9-2-3-10-31/h4-7,12,14,20-21,39H,2-3,8-11,13H2,1H3,(H2,28,30)(H,35,36)/t20-,21+/m0/s1. The van der Waals surface area contributed by atoms with E-state index in [0.29, 0.717) is 11.1 Å². The molecule has 3 N–H and O–H groups in total. The molecule has 2 aromatic heterocycles. The van der Waals surface area contributed by atoms with Gasteiger partial charge in [0.25, 0.3) is 0 Å². The lowest BCUT2D eigenvalue weighted by Crippen LogP contribution is -2.48. The zero-order valence-electron chi connectivity index (χ0n) is 21.3. The second-order valence-corrected chi connectivity index (χ2v) is 10.7. The lowest BCUT2D eigenvalue weighted by atomic mass is 10.00. The number of hydrogen-bond donors (Lipinski definition) is 3. The second kappa shape index (κ2) is 10.6. The van der Waals surface area contributed by atoms with E-state index in [0.717, 1.165) is 41.0 Å². The number of nitrogens with zero attached hydrogens (tertiary/aromatic N) is 5. The summed E-state index contributed by atoms with van der Waals surface area (Å²) in [5, 5.41) is 10.6. The van der Waals surface area contributed by atoms with E-state index in [1.54, 1.807) is 25.1 Å². The number of fused-ring (bicyclic) bond motifs is 1. The number of halogens is 1. The van der Waals surface area contributed by atoms with Crippen LogP contribution >= 0.6 is 0 Å². The van der Waals surface area contributed by atoms with Gasteiger partial charge in [0.1, 0.15) is 29.5 Å². The molecule has 0 aliphatic carbocycles. The molecule has 0 spiro atoms. The third kappa shape index (κ3) is 5.05. The first-order chi connectivity index (χ1) is 18.7. The van der Waals surface area contributed by atoms with Crippen molar-refractivity contribution in [1.82, 2.24) is 14.9 Å². The lowest BCUT2D eigenvalue weighted by Gasteiger charge is -2.27. The predicted octanol–water partition coefficient (Wildman–Crippen LogP) is 1.89. The number of carbonyl (C=O) groups excluding carboxylic acids is 1. The number of nitrogen functional groups attached to an aromatic ring is 1. The Bertz CT molecular complexity index is 1500. The lowest BCUT2D eigenvalue weighted by molar-refractivity contribution is -0.148. The maximum atomic E-state index is 15.4. The summed E-state index contributed by atoms with van der Waals surface area (Å²) >= 11 is 0. The van der Waals surface area contributed by atoms with E-state index in [2.05, 4.69) is 14.9 Å². The third-order valence-corrected chi connectivity index (χ3v) is 8.23. The number of likely N-dealkylation sites (tertiary alicyclic amines) is 1. The van der Waals surface area contributed by atoms with E-state index in [-0.39, 0.29) is 41.8 Å². The molecule has 5 rings (SSSR count). The molecule has 2 atom stereocenters. The van der Waals surface area contributed by atoms with Crippen molar-refractivity contribution in [3.8, 4) is 0 Å². The smallest absolute Gasteiger partial charge is 0.326 e. The summed E-state index contributed by atoms with van der Waals surface area (Å²) in [6, 6.07) is 5.35. The Labute approximate surface area is 226 Å². The molecule has 13 heteroatoms. The molecule has 2 aliphatic rings. The van der Waals surface area contributed by atoms with Gasteiger partial charge in [0.05, 0.1) is 11.9 Å². The van der Waals surface area contributed by atoms with E-state index in [1.807, 2.05) is 0 Å². The number of aliphatic carboxylic acids is 1. The molecule has 11 nitrogen and oxygen atoms in total. The molecule has 0 saturated carbocycles. The number of thiol groups is 1. The van der Waals surface area contributed by atoms with Gasteiger partial charge in [0, 0.05) is 42.5 Å². The molecule has 2 saturated heterocycles. The van der Waals surface area contributed by atoms with Gasteiger partial charge in [0.15, 0.2) is 0 Å². The highest BCUT2D eigenvalue weighted by Crippen LogP contribution is 2.30.